The number of carbonyl (C=O) groups is 1. The van der Waals surface area contributed by atoms with Gasteiger partial charge in [-0.2, -0.15) is 4.68 Å². The average molecular weight is 357 g/mol. The molecule has 1 heterocycles. The van der Waals surface area contributed by atoms with E-state index in [1.165, 1.54) is 34.6 Å². The van der Waals surface area contributed by atoms with Crippen molar-refractivity contribution in [2.24, 2.45) is 0 Å². The smallest absolute Gasteiger partial charge is 0.335 e. The predicted octanol–water partition coefficient (Wildman–Crippen LogP) is 2.56. The predicted molar refractivity (Wildman–Crippen MR) is 88.8 cm³/mol. The summed E-state index contributed by atoms with van der Waals surface area (Å²) in [6.45, 7) is 0. The van der Waals surface area contributed by atoms with Gasteiger partial charge < -0.3 is 5.11 Å². The van der Waals surface area contributed by atoms with Gasteiger partial charge in [-0.25, -0.2) is 4.79 Å². The maximum atomic E-state index is 11.1. The second-order valence-corrected chi connectivity index (χ2v) is 5.84. The van der Waals surface area contributed by atoms with Crippen molar-refractivity contribution in [3.05, 3.63) is 69.8 Å². The van der Waals surface area contributed by atoms with Crippen LogP contribution in [0.15, 0.2) is 53.7 Å². The molecule has 126 valence electrons. The summed E-state index contributed by atoms with van der Waals surface area (Å²) in [5.74, 6) is -0.695. The van der Waals surface area contributed by atoms with E-state index >= 15 is 0 Å². The number of nitro groups is 1. The molecular formula is C15H11N5O4S. The Morgan fingerprint density at radius 2 is 1.92 bits per heavy atom. The van der Waals surface area contributed by atoms with Crippen molar-refractivity contribution in [2.75, 3.05) is 0 Å². The molecule has 0 aliphatic heterocycles. The minimum absolute atomic E-state index is 0.0415. The van der Waals surface area contributed by atoms with E-state index in [0.717, 1.165) is 0 Å². The summed E-state index contributed by atoms with van der Waals surface area (Å²) in [4.78, 5) is 21.5. The number of carboxylic acid groups (broad SMARTS) is 1. The Bertz CT molecular complexity index is 926. The minimum Gasteiger partial charge on any atom is -0.478 e. The van der Waals surface area contributed by atoms with Crippen molar-refractivity contribution in [3.63, 3.8) is 0 Å². The highest BCUT2D eigenvalue weighted by Crippen LogP contribution is 2.27. The lowest BCUT2D eigenvalue weighted by Gasteiger charge is -2.05. The molecule has 9 nitrogen and oxygen atoms in total. The van der Waals surface area contributed by atoms with Gasteiger partial charge in [0.25, 0.3) is 5.69 Å². The zero-order valence-electron chi connectivity index (χ0n) is 12.6. The monoisotopic (exact) mass is 357 g/mol. The number of hydrogen-bond donors (Lipinski definition) is 1. The largest absolute Gasteiger partial charge is 0.478 e. The van der Waals surface area contributed by atoms with E-state index in [2.05, 4.69) is 15.5 Å². The summed E-state index contributed by atoms with van der Waals surface area (Å²) in [5, 5.41) is 31.9. The molecule has 0 spiro atoms. The van der Waals surface area contributed by atoms with Crippen LogP contribution in [0.1, 0.15) is 15.9 Å². The quantitative estimate of drug-likeness (QED) is 0.405. The molecule has 0 unspecified atom stereocenters. The van der Waals surface area contributed by atoms with Crippen LogP contribution in [-0.2, 0) is 5.75 Å². The Morgan fingerprint density at radius 3 is 2.60 bits per heavy atom. The molecular weight excluding hydrogens is 346 g/mol. The van der Waals surface area contributed by atoms with Gasteiger partial charge in [0.1, 0.15) is 0 Å². The SMILES string of the molecule is O=C(O)c1ccc(-n2nnnc2SCc2ccccc2[N+](=O)[O-])cc1. The van der Waals surface area contributed by atoms with Crippen molar-refractivity contribution in [1.82, 2.24) is 20.2 Å². The molecule has 2 aromatic carbocycles. The highest BCUT2D eigenvalue weighted by molar-refractivity contribution is 7.98. The van der Waals surface area contributed by atoms with Crippen LogP contribution in [0.2, 0.25) is 0 Å². The maximum absolute atomic E-state index is 11.1. The molecule has 1 aromatic heterocycles. The standard InChI is InChI=1S/C15H11N5O4S/c21-14(22)10-5-7-12(8-6-10)19-15(16-17-18-19)25-9-11-3-1-2-4-13(11)20(23)24/h1-8H,9H2,(H,21,22). The molecule has 0 saturated carbocycles. The van der Waals surface area contributed by atoms with E-state index in [1.807, 2.05) is 0 Å². The van der Waals surface area contributed by atoms with Gasteiger partial charge in [-0.3, -0.25) is 10.1 Å². The number of aromatic nitrogens is 4. The molecule has 1 N–H and O–H groups in total. The van der Waals surface area contributed by atoms with Crippen LogP contribution in [0.25, 0.3) is 5.69 Å². The third-order valence-corrected chi connectivity index (χ3v) is 4.31. The van der Waals surface area contributed by atoms with Crippen LogP contribution < -0.4 is 0 Å². The molecule has 3 rings (SSSR count). The van der Waals surface area contributed by atoms with E-state index in [9.17, 15) is 14.9 Å². The maximum Gasteiger partial charge on any atom is 0.335 e. The van der Waals surface area contributed by atoms with E-state index in [0.29, 0.717) is 22.2 Å². The van der Waals surface area contributed by atoms with Gasteiger partial charge in [-0.05, 0) is 34.7 Å². The van der Waals surface area contributed by atoms with Crippen LogP contribution >= 0.6 is 11.8 Å². The highest BCUT2D eigenvalue weighted by Gasteiger charge is 2.15. The molecule has 0 amide bonds. The lowest BCUT2D eigenvalue weighted by Crippen LogP contribution is -2.01. The first-order valence-electron chi connectivity index (χ1n) is 7.03. The number of nitro benzene ring substituents is 1. The molecule has 10 heteroatoms. The number of nitrogens with zero attached hydrogens (tertiary/aromatic N) is 5. The van der Waals surface area contributed by atoms with E-state index in [1.54, 1.807) is 30.3 Å². The van der Waals surface area contributed by atoms with Crippen molar-refractivity contribution in [3.8, 4) is 5.69 Å². The fourth-order valence-corrected chi connectivity index (χ4v) is 3.02. The van der Waals surface area contributed by atoms with Crippen molar-refractivity contribution in [1.29, 1.82) is 0 Å². The lowest BCUT2D eigenvalue weighted by molar-refractivity contribution is -0.385. The number of tetrazole rings is 1. The number of benzene rings is 2. The third kappa shape index (κ3) is 3.63. The summed E-state index contributed by atoms with van der Waals surface area (Å²) >= 11 is 1.25. The average Bonchev–Trinajstić information content (AvgIpc) is 3.08. The van der Waals surface area contributed by atoms with Crippen molar-refractivity contribution >= 4 is 23.4 Å². The number of thioether (sulfide) groups is 1. The Labute approximate surface area is 145 Å². The van der Waals surface area contributed by atoms with Gasteiger partial charge in [-0.1, -0.05) is 30.0 Å². The van der Waals surface area contributed by atoms with Crippen LogP contribution in [0.3, 0.4) is 0 Å². The normalized spacial score (nSPS) is 10.6. The molecule has 0 fully saturated rings. The summed E-state index contributed by atoms with van der Waals surface area (Å²) < 4.78 is 1.45. The first-order chi connectivity index (χ1) is 12.1. The van der Waals surface area contributed by atoms with Gasteiger partial charge in [0.2, 0.25) is 5.16 Å². The summed E-state index contributed by atoms with van der Waals surface area (Å²) in [6.07, 6.45) is 0. The zero-order valence-corrected chi connectivity index (χ0v) is 13.5. The second-order valence-electron chi connectivity index (χ2n) is 4.90. The molecule has 0 saturated heterocycles. The summed E-state index contributed by atoms with van der Waals surface area (Å²) in [5.41, 5.74) is 1.36. The van der Waals surface area contributed by atoms with E-state index in [4.69, 9.17) is 5.11 Å². The fourth-order valence-electron chi connectivity index (χ4n) is 2.13. The number of rotatable bonds is 6. The summed E-state index contributed by atoms with van der Waals surface area (Å²) in [6, 6.07) is 12.6. The van der Waals surface area contributed by atoms with Crippen molar-refractivity contribution < 1.29 is 14.8 Å². The zero-order chi connectivity index (χ0) is 17.8. The highest BCUT2D eigenvalue weighted by atomic mass is 32.2. The Morgan fingerprint density at radius 1 is 1.20 bits per heavy atom. The topological polar surface area (TPSA) is 124 Å². The van der Waals surface area contributed by atoms with Gasteiger partial charge >= 0.3 is 5.97 Å². The first kappa shape index (κ1) is 16.6. The Kier molecular flexibility index (Phi) is 4.70. The van der Waals surface area contributed by atoms with Crippen LogP contribution in [-0.4, -0.2) is 36.2 Å². The van der Waals surface area contributed by atoms with E-state index < -0.39 is 10.9 Å². The fraction of sp³-hybridized carbons (Fsp3) is 0.0667. The summed E-state index contributed by atoms with van der Waals surface area (Å²) in [7, 11) is 0. The van der Waals surface area contributed by atoms with Gasteiger partial charge in [-0.15, -0.1) is 5.10 Å². The first-order valence-corrected chi connectivity index (χ1v) is 8.02. The van der Waals surface area contributed by atoms with Crippen LogP contribution in [0, 0.1) is 10.1 Å². The number of hydrogen-bond acceptors (Lipinski definition) is 7. The Hall–Kier alpha value is -3.27. The molecule has 0 bridgehead atoms. The number of aromatic carboxylic acids is 1. The molecule has 3 aromatic rings. The minimum atomic E-state index is -1.02. The van der Waals surface area contributed by atoms with E-state index in [-0.39, 0.29) is 11.3 Å². The molecule has 0 radical (unpaired) electrons. The molecule has 25 heavy (non-hydrogen) atoms. The van der Waals surface area contributed by atoms with Crippen LogP contribution in [0.4, 0.5) is 5.69 Å². The number of carboxylic acids is 1. The molecule has 0 atom stereocenters. The van der Waals surface area contributed by atoms with Crippen LogP contribution in [0.5, 0.6) is 0 Å². The van der Waals surface area contributed by atoms with Crippen molar-refractivity contribution in [2.45, 2.75) is 10.9 Å². The van der Waals surface area contributed by atoms with Gasteiger partial charge in [0.15, 0.2) is 0 Å². The third-order valence-electron chi connectivity index (χ3n) is 3.34. The molecule has 0 aliphatic rings. The Balaban J connectivity index is 1.81. The molecule has 0 aliphatic carbocycles. The van der Waals surface area contributed by atoms with Gasteiger partial charge in [0, 0.05) is 17.4 Å². The lowest BCUT2D eigenvalue weighted by atomic mass is 10.2. The second kappa shape index (κ2) is 7.09. The van der Waals surface area contributed by atoms with Gasteiger partial charge in [0.05, 0.1) is 16.2 Å². The number of para-hydroxylation sites is 1.